The Kier molecular flexibility index (Phi) is 4.89. The van der Waals surface area contributed by atoms with Gasteiger partial charge < -0.3 is 19.7 Å². The van der Waals surface area contributed by atoms with E-state index in [4.69, 9.17) is 4.74 Å². The van der Waals surface area contributed by atoms with Crippen molar-refractivity contribution < 1.29 is 34.1 Å². The monoisotopic (exact) mass is 383 g/mol. The number of benzene rings is 2. The second-order valence-corrected chi connectivity index (χ2v) is 5.92. The van der Waals surface area contributed by atoms with Crippen LogP contribution >= 0.6 is 0 Å². The number of carbonyl (C=O) groups is 3. The fourth-order valence-corrected chi connectivity index (χ4v) is 3.01. The van der Waals surface area contributed by atoms with Crippen LogP contribution in [0.25, 0.3) is 5.76 Å². The summed E-state index contributed by atoms with van der Waals surface area (Å²) in [5.74, 6) is -3.92. The fourth-order valence-electron chi connectivity index (χ4n) is 3.01. The Morgan fingerprint density at radius 2 is 1.61 bits per heavy atom. The number of nitrogens with zero attached hydrogens (tertiary/aromatic N) is 1. The number of hydrogen-bond donors (Lipinski definition) is 2. The number of amides is 1. The fraction of sp³-hybridized carbons (Fsp3) is 0.150. The molecule has 1 amide bonds. The van der Waals surface area contributed by atoms with Gasteiger partial charge in [0.05, 0.1) is 14.2 Å². The van der Waals surface area contributed by atoms with Crippen LogP contribution in [0.5, 0.6) is 5.75 Å². The zero-order chi connectivity index (χ0) is 20.5. The van der Waals surface area contributed by atoms with Crippen molar-refractivity contribution in [2.45, 2.75) is 5.72 Å². The smallest absolute Gasteiger partial charge is 0.365 e. The van der Waals surface area contributed by atoms with Crippen LogP contribution < -0.4 is 9.64 Å². The van der Waals surface area contributed by atoms with Crippen molar-refractivity contribution in [3.63, 3.8) is 0 Å². The standard InChI is InChI=1S/C20H17NO7/c1-27-14-10-8-13(9-11-14)21-18(24)17(23)15(20(21,26)19(25)28-2)16(22)12-6-4-3-5-7-12/h3-11,22,26H,1-2H3/t20-/m0/s1. The van der Waals surface area contributed by atoms with Crippen LogP contribution in [0, 0.1) is 0 Å². The number of Topliss-reactive ketones (excluding diaryl/α,β-unsaturated/α-hetero) is 1. The van der Waals surface area contributed by atoms with E-state index in [1.165, 1.54) is 43.5 Å². The lowest BCUT2D eigenvalue weighted by molar-refractivity contribution is -0.158. The molecule has 0 radical (unpaired) electrons. The van der Waals surface area contributed by atoms with Gasteiger partial charge >= 0.3 is 11.9 Å². The summed E-state index contributed by atoms with van der Waals surface area (Å²) in [6, 6.07) is 13.5. The van der Waals surface area contributed by atoms with E-state index < -0.39 is 34.7 Å². The van der Waals surface area contributed by atoms with Gasteiger partial charge in [-0.3, -0.25) is 14.5 Å². The molecule has 144 valence electrons. The topological polar surface area (TPSA) is 113 Å². The summed E-state index contributed by atoms with van der Waals surface area (Å²) in [6.07, 6.45) is 0. The molecule has 3 rings (SSSR count). The maximum atomic E-state index is 12.7. The molecule has 2 aromatic rings. The van der Waals surface area contributed by atoms with Gasteiger partial charge in [-0.25, -0.2) is 4.79 Å². The minimum Gasteiger partial charge on any atom is -0.507 e. The first-order chi connectivity index (χ1) is 13.4. The molecule has 1 atom stereocenters. The number of ether oxygens (including phenoxy) is 2. The Balaban J connectivity index is 2.25. The second-order valence-electron chi connectivity index (χ2n) is 5.92. The highest BCUT2D eigenvalue weighted by Crippen LogP contribution is 2.40. The quantitative estimate of drug-likeness (QED) is 0.355. The summed E-state index contributed by atoms with van der Waals surface area (Å²) in [6.45, 7) is 0. The number of anilines is 1. The number of aliphatic hydroxyl groups is 2. The lowest BCUT2D eigenvalue weighted by Gasteiger charge is -2.30. The highest BCUT2D eigenvalue weighted by atomic mass is 16.5. The molecular formula is C20H17NO7. The molecule has 0 aromatic heterocycles. The van der Waals surface area contributed by atoms with Crippen LogP contribution in [0.2, 0.25) is 0 Å². The number of hydrogen-bond acceptors (Lipinski definition) is 7. The summed E-state index contributed by atoms with van der Waals surface area (Å²) < 4.78 is 9.69. The largest absolute Gasteiger partial charge is 0.507 e. The molecule has 0 unspecified atom stereocenters. The van der Waals surface area contributed by atoms with Crippen molar-refractivity contribution in [3.05, 3.63) is 65.7 Å². The van der Waals surface area contributed by atoms with Gasteiger partial charge in [-0.1, -0.05) is 30.3 Å². The molecule has 28 heavy (non-hydrogen) atoms. The van der Waals surface area contributed by atoms with E-state index in [9.17, 15) is 24.6 Å². The van der Waals surface area contributed by atoms with E-state index in [0.29, 0.717) is 10.6 Å². The number of carbonyl (C=O) groups excluding carboxylic acids is 3. The Morgan fingerprint density at radius 1 is 1.00 bits per heavy atom. The van der Waals surface area contributed by atoms with Crippen molar-refractivity contribution in [2.24, 2.45) is 0 Å². The van der Waals surface area contributed by atoms with E-state index in [-0.39, 0.29) is 11.3 Å². The molecule has 0 aliphatic carbocycles. The third-order valence-corrected chi connectivity index (χ3v) is 4.38. The van der Waals surface area contributed by atoms with Crippen molar-refractivity contribution >= 4 is 29.1 Å². The molecule has 0 spiro atoms. The van der Waals surface area contributed by atoms with Crippen LogP contribution in [0.1, 0.15) is 5.56 Å². The van der Waals surface area contributed by atoms with Crippen molar-refractivity contribution in [3.8, 4) is 5.75 Å². The highest BCUT2D eigenvalue weighted by molar-refractivity contribution is 6.54. The number of rotatable bonds is 4. The first-order valence-electron chi connectivity index (χ1n) is 8.19. The minimum atomic E-state index is -2.84. The number of methoxy groups -OCH3 is 2. The summed E-state index contributed by atoms with van der Waals surface area (Å²) in [4.78, 5) is 38.4. The average molecular weight is 383 g/mol. The van der Waals surface area contributed by atoms with Gasteiger partial charge in [-0.2, -0.15) is 0 Å². The number of esters is 1. The normalized spacial score (nSPS) is 20.9. The zero-order valence-corrected chi connectivity index (χ0v) is 15.1. The molecule has 8 nitrogen and oxygen atoms in total. The molecule has 2 N–H and O–H groups in total. The molecule has 8 heteroatoms. The SMILES string of the molecule is COC(=O)[C@@]1(O)C(=C(O)c2ccccc2)C(=O)C(=O)N1c1ccc(OC)cc1. The van der Waals surface area contributed by atoms with Crippen molar-refractivity contribution in [1.82, 2.24) is 0 Å². The summed E-state index contributed by atoms with van der Waals surface area (Å²) in [7, 11) is 2.44. The third-order valence-electron chi connectivity index (χ3n) is 4.38. The molecule has 1 aliphatic heterocycles. The van der Waals surface area contributed by atoms with Crippen LogP contribution in [0.3, 0.4) is 0 Å². The highest BCUT2D eigenvalue weighted by Gasteiger charge is 2.62. The molecular weight excluding hydrogens is 366 g/mol. The van der Waals surface area contributed by atoms with E-state index in [2.05, 4.69) is 4.74 Å². The summed E-state index contributed by atoms with van der Waals surface area (Å²) in [5, 5.41) is 21.8. The first kappa shape index (κ1) is 19.1. The predicted molar refractivity (Wildman–Crippen MR) is 98.4 cm³/mol. The Hall–Kier alpha value is -3.65. The van der Waals surface area contributed by atoms with Gasteiger partial charge in [-0.05, 0) is 24.3 Å². The molecule has 0 bridgehead atoms. The molecule has 1 fully saturated rings. The van der Waals surface area contributed by atoms with Gasteiger partial charge in [-0.15, -0.1) is 0 Å². The summed E-state index contributed by atoms with van der Waals surface area (Å²) in [5.41, 5.74) is -3.41. The molecule has 1 aliphatic rings. The van der Waals surface area contributed by atoms with Gasteiger partial charge in [0.2, 0.25) is 0 Å². The maximum absolute atomic E-state index is 12.7. The minimum absolute atomic E-state index is 0.0444. The van der Waals surface area contributed by atoms with Crippen LogP contribution in [0.15, 0.2) is 60.2 Å². The first-order valence-corrected chi connectivity index (χ1v) is 8.19. The lowest BCUT2D eigenvalue weighted by Crippen LogP contribution is -2.54. The molecule has 0 saturated carbocycles. The maximum Gasteiger partial charge on any atom is 0.365 e. The van der Waals surface area contributed by atoms with Gasteiger partial charge in [0.1, 0.15) is 17.1 Å². The van der Waals surface area contributed by atoms with Crippen LogP contribution in [0.4, 0.5) is 5.69 Å². The van der Waals surface area contributed by atoms with Crippen molar-refractivity contribution in [1.29, 1.82) is 0 Å². The van der Waals surface area contributed by atoms with Crippen LogP contribution in [-0.4, -0.2) is 47.8 Å². The molecule has 1 heterocycles. The van der Waals surface area contributed by atoms with E-state index >= 15 is 0 Å². The molecule has 1 saturated heterocycles. The lowest BCUT2D eigenvalue weighted by atomic mass is 9.97. The predicted octanol–water partition coefficient (Wildman–Crippen LogP) is 1.44. The third kappa shape index (κ3) is 2.80. The average Bonchev–Trinajstić information content (AvgIpc) is 2.94. The zero-order valence-electron chi connectivity index (χ0n) is 15.1. The summed E-state index contributed by atoms with van der Waals surface area (Å²) >= 11 is 0. The van der Waals surface area contributed by atoms with Gasteiger partial charge in [0.25, 0.3) is 11.5 Å². The Morgan fingerprint density at radius 3 is 2.14 bits per heavy atom. The van der Waals surface area contributed by atoms with E-state index in [1.54, 1.807) is 18.2 Å². The second kappa shape index (κ2) is 7.16. The van der Waals surface area contributed by atoms with E-state index in [1.807, 2.05) is 0 Å². The Labute approximate surface area is 160 Å². The van der Waals surface area contributed by atoms with Crippen LogP contribution in [-0.2, 0) is 19.1 Å². The van der Waals surface area contributed by atoms with Crippen molar-refractivity contribution in [2.75, 3.05) is 19.1 Å². The van der Waals surface area contributed by atoms with Gasteiger partial charge in [0.15, 0.2) is 0 Å². The number of aliphatic hydroxyl groups excluding tert-OH is 1. The molecule has 2 aromatic carbocycles. The van der Waals surface area contributed by atoms with Gasteiger partial charge in [0, 0.05) is 11.3 Å². The Bertz CT molecular complexity index is 966. The number of ketones is 1. The van der Waals surface area contributed by atoms with E-state index in [0.717, 1.165) is 7.11 Å².